The second-order valence-electron chi connectivity index (χ2n) is 6.81. The summed E-state index contributed by atoms with van der Waals surface area (Å²) in [6.07, 6.45) is 0. The topological polar surface area (TPSA) is 133 Å². The van der Waals surface area contributed by atoms with E-state index in [1.54, 1.807) is 36.4 Å². The van der Waals surface area contributed by atoms with Crippen LogP contribution in [0.2, 0.25) is 10.0 Å². The molecule has 0 heterocycles. The largest absolute Gasteiger partial charge is 0.478 e. The number of anilines is 2. The van der Waals surface area contributed by atoms with Crippen LogP contribution in [0.25, 0.3) is 0 Å². The van der Waals surface area contributed by atoms with E-state index in [1.807, 2.05) is 0 Å². The van der Waals surface area contributed by atoms with Crippen molar-refractivity contribution >= 4 is 70.1 Å². The van der Waals surface area contributed by atoms with E-state index >= 15 is 0 Å². The summed E-state index contributed by atoms with van der Waals surface area (Å²) < 4.78 is 0. The SMILES string of the molecule is O=C(CSc1cccc(NC(=O)c2ccc(C(=O)O)cc2C(=O)O)c1)Nc1cc(Cl)ccc1Cl. The van der Waals surface area contributed by atoms with Gasteiger partial charge >= 0.3 is 11.9 Å². The van der Waals surface area contributed by atoms with Gasteiger partial charge in [0.25, 0.3) is 5.91 Å². The van der Waals surface area contributed by atoms with Gasteiger partial charge < -0.3 is 20.8 Å². The molecule has 0 atom stereocenters. The molecule has 174 valence electrons. The van der Waals surface area contributed by atoms with Crippen molar-refractivity contribution in [3.05, 3.63) is 87.4 Å². The van der Waals surface area contributed by atoms with Crippen molar-refractivity contribution in [3.63, 3.8) is 0 Å². The van der Waals surface area contributed by atoms with Gasteiger partial charge in [-0.1, -0.05) is 29.3 Å². The van der Waals surface area contributed by atoms with Crippen LogP contribution in [0, 0.1) is 0 Å². The van der Waals surface area contributed by atoms with Crippen molar-refractivity contribution in [2.45, 2.75) is 4.90 Å². The van der Waals surface area contributed by atoms with E-state index in [9.17, 15) is 24.3 Å². The van der Waals surface area contributed by atoms with Crippen molar-refractivity contribution in [1.82, 2.24) is 0 Å². The number of carboxylic acids is 2. The summed E-state index contributed by atoms with van der Waals surface area (Å²) in [4.78, 5) is 48.2. The Morgan fingerprint density at radius 3 is 2.29 bits per heavy atom. The summed E-state index contributed by atoms with van der Waals surface area (Å²) in [6, 6.07) is 14.6. The molecule has 0 fully saturated rings. The summed E-state index contributed by atoms with van der Waals surface area (Å²) in [5.41, 5.74) is -0.104. The van der Waals surface area contributed by atoms with Crippen molar-refractivity contribution in [3.8, 4) is 0 Å². The molecule has 34 heavy (non-hydrogen) atoms. The predicted molar refractivity (Wildman–Crippen MR) is 131 cm³/mol. The smallest absolute Gasteiger partial charge is 0.336 e. The van der Waals surface area contributed by atoms with E-state index < -0.39 is 23.4 Å². The Balaban J connectivity index is 1.67. The molecule has 0 saturated heterocycles. The van der Waals surface area contributed by atoms with Crippen molar-refractivity contribution in [2.75, 3.05) is 16.4 Å². The maximum atomic E-state index is 12.6. The highest BCUT2D eigenvalue weighted by Gasteiger charge is 2.19. The molecule has 0 spiro atoms. The summed E-state index contributed by atoms with van der Waals surface area (Å²) >= 11 is 13.2. The van der Waals surface area contributed by atoms with Crippen LogP contribution < -0.4 is 10.6 Å². The van der Waals surface area contributed by atoms with Crippen LogP contribution >= 0.6 is 35.0 Å². The number of hydrogen-bond acceptors (Lipinski definition) is 5. The second kappa shape index (κ2) is 11.1. The number of amides is 2. The number of rotatable bonds is 8. The Hall–Kier alpha value is -3.53. The van der Waals surface area contributed by atoms with Crippen LogP contribution in [0.5, 0.6) is 0 Å². The average Bonchev–Trinajstić information content (AvgIpc) is 2.80. The van der Waals surface area contributed by atoms with Gasteiger partial charge in [-0.3, -0.25) is 9.59 Å². The summed E-state index contributed by atoms with van der Waals surface area (Å²) in [5.74, 6) is -3.71. The molecule has 0 bridgehead atoms. The first-order valence-electron chi connectivity index (χ1n) is 9.54. The lowest BCUT2D eigenvalue weighted by atomic mass is 10.0. The van der Waals surface area contributed by atoms with Crippen LogP contribution in [-0.4, -0.2) is 39.7 Å². The third-order valence-electron chi connectivity index (χ3n) is 4.41. The Morgan fingerprint density at radius 1 is 0.824 bits per heavy atom. The monoisotopic (exact) mass is 518 g/mol. The molecule has 0 aliphatic carbocycles. The zero-order valence-electron chi connectivity index (χ0n) is 17.2. The van der Waals surface area contributed by atoms with Gasteiger partial charge in [0.15, 0.2) is 0 Å². The predicted octanol–water partition coefficient (Wildman–Crippen LogP) is 5.37. The van der Waals surface area contributed by atoms with E-state index in [-0.39, 0.29) is 22.8 Å². The molecule has 0 aliphatic rings. The van der Waals surface area contributed by atoms with Crippen molar-refractivity contribution in [2.24, 2.45) is 0 Å². The number of hydrogen-bond donors (Lipinski definition) is 4. The molecule has 8 nitrogen and oxygen atoms in total. The molecule has 0 unspecified atom stereocenters. The summed E-state index contributed by atoms with van der Waals surface area (Å²) in [5, 5.41) is 24.5. The number of carbonyl (C=O) groups excluding carboxylic acids is 2. The van der Waals surface area contributed by atoms with Crippen LogP contribution in [0.4, 0.5) is 11.4 Å². The van der Waals surface area contributed by atoms with E-state index in [0.717, 1.165) is 18.2 Å². The first kappa shape index (κ1) is 25.1. The fourth-order valence-electron chi connectivity index (χ4n) is 2.84. The lowest BCUT2D eigenvalue weighted by Gasteiger charge is -2.10. The molecule has 0 radical (unpaired) electrons. The molecular formula is C23H16Cl2N2O6S. The van der Waals surface area contributed by atoms with Gasteiger partial charge in [-0.15, -0.1) is 11.8 Å². The molecule has 4 N–H and O–H groups in total. The number of nitrogens with one attached hydrogen (secondary N) is 2. The number of thioether (sulfide) groups is 1. The molecule has 0 aromatic heterocycles. The van der Waals surface area contributed by atoms with Gasteiger partial charge in [0.1, 0.15) is 0 Å². The first-order valence-corrected chi connectivity index (χ1v) is 11.3. The van der Waals surface area contributed by atoms with E-state index in [2.05, 4.69) is 10.6 Å². The van der Waals surface area contributed by atoms with Crippen LogP contribution in [-0.2, 0) is 4.79 Å². The molecule has 2 amide bonds. The zero-order valence-corrected chi connectivity index (χ0v) is 19.5. The third-order valence-corrected chi connectivity index (χ3v) is 5.96. The molecule has 0 saturated carbocycles. The van der Waals surface area contributed by atoms with Gasteiger partial charge in [-0.25, -0.2) is 9.59 Å². The standard InChI is InChI=1S/C23H16Cl2N2O6S/c24-13-5-7-18(25)19(9-13)27-20(28)11-34-15-3-1-2-14(10-15)26-21(29)16-6-4-12(22(30)31)8-17(16)23(32)33/h1-10H,11H2,(H,26,29)(H,27,28)(H,30,31)(H,32,33). The highest BCUT2D eigenvalue weighted by Crippen LogP contribution is 2.27. The lowest BCUT2D eigenvalue weighted by Crippen LogP contribution is -2.17. The minimum absolute atomic E-state index is 0.0556. The molecule has 3 rings (SSSR count). The Labute approximate surface area is 207 Å². The summed E-state index contributed by atoms with van der Waals surface area (Å²) in [6.45, 7) is 0. The number of carbonyl (C=O) groups is 4. The zero-order chi connectivity index (χ0) is 24.8. The van der Waals surface area contributed by atoms with E-state index in [4.69, 9.17) is 28.3 Å². The normalized spacial score (nSPS) is 10.4. The molecular weight excluding hydrogens is 503 g/mol. The van der Waals surface area contributed by atoms with Gasteiger partial charge in [0.2, 0.25) is 5.91 Å². The van der Waals surface area contributed by atoms with Crippen LogP contribution in [0.3, 0.4) is 0 Å². The fraction of sp³-hybridized carbons (Fsp3) is 0.0435. The fourth-order valence-corrected chi connectivity index (χ4v) is 3.93. The van der Waals surface area contributed by atoms with Gasteiger partial charge in [0, 0.05) is 15.6 Å². The van der Waals surface area contributed by atoms with Crippen LogP contribution in [0.15, 0.2) is 65.6 Å². The number of halogens is 2. The minimum Gasteiger partial charge on any atom is -0.478 e. The van der Waals surface area contributed by atoms with Crippen molar-refractivity contribution in [1.29, 1.82) is 0 Å². The van der Waals surface area contributed by atoms with Gasteiger partial charge in [-0.2, -0.15) is 0 Å². The maximum Gasteiger partial charge on any atom is 0.336 e. The van der Waals surface area contributed by atoms with Crippen LogP contribution in [0.1, 0.15) is 31.1 Å². The third kappa shape index (κ3) is 6.50. The first-order chi connectivity index (χ1) is 16.1. The summed E-state index contributed by atoms with van der Waals surface area (Å²) in [7, 11) is 0. The lowest BCUT2D eigenvalue weighted by molar-refractivity contribution is -0.113. The van der Waals surface area contributed by atoms with Crippen molar-refractivity contribution < 1.29 is 29.4 Å². The molecule has 3 aromatic rings. The number of benzene rings is 3. The molecule has 3 aromatic carbocycles. The highest BCUT2D eigenvalue weighted by molar-refractivity contribution is 8.00. The Bertz CT molecular complexity index is 1300. The van der Waals surface area contributed by atoms with Gasteiger partial charge in [0.05, 0.1) is 33.2 Å². The van der Waals surface area contributed by atoms with E-state index in [0.29, 0.717) is 26.3 Å². The number of aromatic carboxylic acids is 2. The Morgan fingerprint density at radius 2 is 1.59 bits per heavy atom. The van der Waals surface area contributed by atoms with E-state index in [1.165, 1.54) is 17.8 Å². The highest BCUT2D eigenvalue weighted by atomic mass is 35.5. The second-order valence-corrected chi connectivity index (χ2v) is 8.71. The molecule has 0 aliphatic heterocycles. The quantitative estimate of drug-likeness (QED) is 0.294. The maximum absolute atomic E-state index is 12.6. The molecule has 11 heteroatoms. The average molecular weight is 519 g/mol. The number of carboxylic acid groups (broad SMARTS) is 2. The minimum atomic E-state index is -1.43. The van der Waals surface area contributed by atoms with Gasteiger partial charge in [-0.05, 0) is 54.6 Å². The Kier molecular flexibility index (Phi) is 8.17.